The second-order valence-electron chi connectivity index (χ2n) is 4.83. The van der Waals surface area contributed by atoms with E-state index in [9.17, 15) is 0 Å². The average Bonchev–Trinajstić information content (AvgIpc) is 2.71. The SMILES string of the molecule is Cc1sc(CCN)nc1-c1ccc(C(C)C)cc1. The first kappa shape index (κ1) is 13.2. The average molecular weight is 260 g/mol. The van der Waals surface area contributed by atoms with Gasteiger partial charge in [0.2, 0.25) is 0 Å². The van der Waals surface area contributed by atoms with Gasteiger partial charge in [-0.15, -0.1) is 11.3 Å². The van der Waals surface area contributed by atoms with Crippen LogP contribution >= 0.6 is 11.3 Å². The van der Waals surface area contributed by atoms with Crippen LogP contribution in [0.15, 0.2) is 24.3 Å². The third kappa shape index (κ3) is 2.79. The van der Waals surface area contributed by atoms with Gasteiger partial charge < -0.3 is 5.73 Å². The molecule has 0 saturated heterocycles. The van der Waals surface area contributed by atoms with Crippen molar-refractivity contribution in [3.63, 3.8) is 0 Å². The molecule has 2 rings (SSSR count). The molecule has 0 spiro atoms. The molecule has 0 radical (unpaired) electrons. The number of nitrogens with two attached hydrogens (primary N) is 1. The van der Waals surface area contributed by atoms with Gasteiger partial charge in [0.05, 0.1) is 10.7 Å². The lowest BCUT2D eigenvalue weighted by molar-refractivity contribution is 0.867. The van der Waals surface area contributed by atoms with Crippen LogP contribution in [0.25, 0.3) is 11.3 Å². The summed E-state index contributed by atoms with van der Waals surface area (Å²) < 4.78 is 0. The molecule has 1 heterocycles. The lowest BCUT2D eigenvalue weighted by Gasteiger charge is -2.06. The topological polar surface area (TPSA) is 38.9 Å². The molecule has 0 unspecified atom stereocenters. The van der Waals surface area contributed by atoms with Crippen molar-refractivity contribution in [3.05, 3.63) is 39.7 Å². The van der Waals surface area contributed by atoms with Gasteiger partial charge in [-0.3, -0.25) is 0 Å². The van der Waals surface area contributed by atoms with Crippen molar-refractivity contribution in [2.45, 2.75) is 33.1 Å². The van der Waals surface area contributed by atoms with Crippen molar-refractivity contribution in [1.82, 2.24) is 4.98 Å². The van der Waals surface area contributed by atoms with Crippen LogP contribution in [-0.2, 0) is 6.42 Å². The first-order valence-corrected chi connectivity index (χ1v) is 7.20. The summed E-state index contributed by atoms with van der Waals surface area (Å²) in [5.41, 5.74) is 9.26. The monoisotopic (exact) mass is 260 g/mol. The van der Waals surface area contributed by atoms with Crippen LogP contribution in [0.1, 0.15) is 35.2 Å². The largest absolute Gasteiger partial charge is 0.330 e. The number of aryl methyl sites for hydroxylation is 1. The molecule has 0 bridgehead atoms. The van der Waals surface area contributed by atoms with Crippen LogP contribution in [-0.4, -0.2) is 11.5 Å². The molecule has 0 aliphatic heterocycles. The van der Waals surface area contributed by atoms with E-state index in [0.29, 0.717) is 12.5 Å². The minimum Gasteiger partial charge on any atom is -0.330 e. The van der Waals surface area contributed by atoms with E-state index in [2.05, 4.69) is 50.0 Å². The molecule has 1 aromatic carbocycles. The molecule has 0 fully saturated rings. The van der Waals surface area contributed by atoms with Crippen LogP contribution in [0.3, 0.4) is 0 Å². The highest BCUT2D eigenvalue weighted by Crippen LogP contribution is 2.28. The number of rotatable bonds is 4. The van der Waals surface area contributed by atoms with Gasteiger partial charge in [-0.1, -0.05) is 38.1 Å². The Kier molecular flexibility index (Phi) is 4.15. The summed E-state index contributed by atoms with van der Waals surface area (Å²) in [5, 5.41) is 1.14. The number of aromatic nitrogens is 1. The van der Waals surface area contributed by atoms with Crippen molar-refractivity contribution in [1.29, 1.82) is 0 Å². The van der Waals surface area contributed by atoms with Crippen LogP contribution in [0.5, 0.6) is 0 Å². The quantitative estimate of drug-likeness (QED) is 0.909. The Bertz CT molecular complexity index is 512. The molecule has 0 atom stereocenters. The molecule has 2 N–H and O–H groups in total. The third-order valence-corrected chi connectivity index (χ3v) is 4.08. The minimum absolute atomic E-state index is 0.573. The third-order valence-electron chi connectivity index (χ3n) is 3.05. The number of thiazole rings is 1. The van der Waals surface area contributed by atoms with Crippen molar-refractivity contribution < 1.29 is 0 Å². The minimum atomic E-state index is 0.573. The van der Waals surface area contributed by atoms with E-state index in [1.54, 1.807) is 11.3 Å². The number of nitrogens with zero attached hydrogens (tertiary/aromatic N) is 1. The van der Waals surface area contributed by atoms with Crippen LogP contribution in [0.4, 0.5) is 0 Å². The fourth-order valence-electron chi connectivity index (χ4n) is 1.98. The summed E-state index contributed by atoms with van der Waals surface area (Å²) in [7, 11) is 0. The van der Waals surface area contributed by atoms with E-state index >= 15 is 0 Å². The molecule has 0 aliphatic rings. The fraction of sp³-hybridized carbons (Fsp3) is 0.400. The molecule has 18 heavy (non-hydrogen) atoms. The molecular formula is C15H20N2S. The maximum Gasteiger partial charge on any atom is 0.0947 e. The van der Waals surface area contributed by atoms with Gasteiger partial charge >= 0.3 is 0 Å². The van der Waals surface area contributed by atoms with Crippen LogP contribution in [0, 0.1) is 6.92 Å². The summed E-state index contributed by atoms with van der Waals surface area (Å²) in [4.78, 5) is 5.96. The summed E-state index contributed by atoms with van der Waals surface area (Å²) in [6, 6.07) is 8.73. The van der Waals surface area contributed by atoms with Gasteiger partial charge in [-0.2, -0.15) is 0 Å². The smallest absolute Gasteiger partial charge is 0.0947 e. The molecule has 0 saturated carbocycles. The predicted octanol–water partition coefficient (Wildman–Crippen LogP) is 3.74. The normalized spacial score (nSPS) is 11.2. The number of hydrogen-bond acceptors (Lipinski definition) is 3. The zero-order valence-corrected chi connectivity index (χ0v) is 12.1. The van der Waals surface area contributed by atoms with E-state index < -0.39 is 0 Å². The van der Waals surface area contributed by atoms with Gasteiger partial charge in [-0.25, -0.2) is 4.98 Å². The van der Waals surface area contributed by atoms with E-state index in [1.165, 1.54) is 16.0 Å². The lowest BCUT2D eigenvalue weighted by atomic mass is 10.0. The Morgan fingerprint density at radius 2 is 1.89 bits per heavy atom. The van der Waals surface area contributed by atoms with E-state index in [-0.39, 0.29) is 0 Å². The highest BCUT2D eigenvalue weighted by atomic mass is 32.1. The van der Waals surface area contributed by atoms with E-state index in [0.717, 1.165) is 17.1 Å². The summed E-state index contributed by atoms with van der Waals surface area (Å²) in [6.45, 7) is 7.22. The van der Waals surface area contributed by atoms with Crippen molar-refractivity contribution >= 4 is 11.3 Å². The highest BCUT2D eigenvalue weighted by molar-refractivity contribution is 7.12. The van der Waals surface area contributed by atoms with Gasteiger partial charge in [0.1, 0.15) is 0 Å². The Balaban J connectivity index is 2.30. The van der Waals surface area contributed by atoms with Crippen LogP contribution < -0.4 is 5.73 Å². The predicted molar refractivity (Wildman–Crippen MR) is 79.1 cm³/mol. The fourth-order valence-corrected chi connectivity index (χ4v) is 2.95. The first-order valence-electron chi connectivity index (χ1n) is 6.38. The number of hydrogen-bond donors (Lipinski definition) is 1. The lowest BCUT2D eigenvalue weighted by Crippen LogP contribution is -2.01. The summed E-state index contributed by atoms with van der Waals surface area (Å²) >= 11 is 1.75. The zero-order chi connectivity index (χ0) is 13.1. The van der Waals surface area contributed by atoms with Gasteiger partial charge in [0.15, 0.2) is 0 Å². The standard InChI is InChI=1S/C15H20N2S/c1-10(2)12-4-6-13(7-5-12)15-11(3)18-14(17-15)8-9-16/h4-7,10H,8-9,16H2,1-3H3. The molecule has 1 aromatic heterocycles. The maximum atomic E-state index is 5.58. The molecule has 0 aliphatic carbocycles. The Morgan fingerprint density at radius 3 is 2.44 bits per heavy atom. The highest BCUT2D eigenvalue weighted by Gasteiger charge is 2.09. The zero-order valence-electron chi connectivity index (χ0n) is 11.2. The molecule has 2 nitrogen and oxygen atoms in total. The molecule has 0 amide bonds. The summed E-state index contributed by atoms with van der Waals surface area (Å²) in [5.74, 6) is 0.573. The Hall–Kier alpha value is -1.19. The Labute approximate surface area is 113 Å². The van der Waals surface area contributed by atoms with Crippen molar-refractivity contribution in [2.75, 3.05) is 6.54 Å². The van der Waals surface area contributed by atoms with Gasteiger partial charge in [0, 0.05) is 16.9 Å². The second-order valence-corrected chi connectivity index (χ2v) is 6.12. The molecule has 96 valence electrons. The number of benzene rings is 1. The van der Waals surface area contributed by atoms with Gasteiger partial charge in [0.25, 0.3) is 0 Å². The maximum absolute atomic E-state index is 5.58. The van der Waals surface area contributed by atoms with E-state index in [1.807, 2.05) is 0 Å². The van der Waals surface area contributed by atoms with Gasteiger partial charge in [-0.05, 0) is 24.9 Å². The first-order chi connectivity index (χ1) is 8.61. The van der Waals surface area contributed by atoms with Crippen LogP contribution in [0.2, 0.25) is 0 Å². The second kappa shape index (κ2) is 5.63. The van der Waals surface area contributed by atoms with E-state index in [4.69, 9.17) is 5.73 Å². The summed E-state index contributed by atoms with van der Waals surface area (Å²) in [6.07, 6.45) is 0.871. The van der Waals surface area contributed by atoms with Crippen molar-refractivity contribution in [3.8, 4) is 11.3 Å². The molecule has 3 heteroatoms. The molecule has 2 aromatic rings. The van der Waals surface area contributed by atoms with Crippen molar-refractivity contribution in [2.24, 2.45) is 5.73 Å². The Morgan fingerprint density at radius 1 is 1.22 bits per heavy atom. The molecular weight excluding hydrogens is 240 g/mol.